The van der Waals surface area contributed by atoms with Crippen LogP contribution in [0.15, 0.2) is 23.2 Å². The molecule has 0 aromatic carbocycles. The molecule has 0 saturated heterocycles. The van der Waals surface area contributed by atoms with Crippen molar-refractivity contribution in [3.05, 3.63) is 23.9 Å². The molecule has 1 aromatic rings. The Morgan fingerprint density at radius 3 is 2.67 bits per heavy atom. The molecule has 1 unspecified atom stereocenters. The standard InChI is InChI=1S/C20H35N5O.HI/c1-5-26-18(16-9-6-7-10-16)13-14-22-20(21-2)23-15-17-11-8-12-19(24-17)25(3)4;/h8,11-12,16,18H,5-7,9-10,13-15H2,1-4H3,(H2,21,22,23);1H. The summed E-state index contributed by atoms with van der Waals surface area (Å²) in [6, 6.07) is 6.07. The molecule has 1 atom stereocenters. The number of aliphatic imine (C=N–C) groups is 1. The number of rotatable bonds is 9. The second-order valence-corrected chi connectivity index (χ2v) is 7.06. The van der Waals surface area contributed by atoms with Gasteiger partial charge in [0.05, 0.1) is 18.3 Å². The van der Waals surface area contributed by atoms with E-state index in [4.69, 9.17) is 4.74 Å². The summed E-state index contributed by atoms with van der Waals surface area (Å²) in [7, 11) is 5.80. The number of anilines is 1. The van der Waals surface area contributed by atoms with Crippen molar-refractivity contribution in [2.24, 2.45) is 10.9 Å². The summed E-state index contributed by atoms with van der Waals surface area (Å²) in [6.07, 6.45) is 6.71. The minimum Gasteiger partial charge on any atom is -0.378 e. The molecule has 27 heavy (non-hydrogen) atoms. The molecule has 2 N–H and O–H groups in total. The Balaban J connectivity index is 0.00000364. The van der Waals surface area contributed by atoms with Crippen molar-refractivity contribution in [3.8, 4) is 0 Å². The lowest BCUT2D eigenvalue weighted by molar-refractivity contribution is 0.0169. The van der Waals surface area contributed by atoms with E-state index in [1.54, 1.807) is 7.05 Å². The van der Waals surface area contributed by atoms with Crippen LogP contribution in [0.4, 0.5) is 5.82 Å². The van der Waals surface area contributed by atoms with Crippen molar-refractivity contribution in [2.45, 2.75) is 51.7 Å². The maximum atomic E-state index is 5.99. The Kier molecular flexibility index (Phi) is 11.7. The van der Waals surface area contributed by atoms with E-state index in [0.29, 0.717) is 12.6 Å². The minimum atomic E-state index is 0. The van der Waals surface area contributed by atoms with Gasteiger partial charge in [-0.2, -0.15) is 0 Å². The van der Waals surface area contributed by atoms with Crippen LogP contribution in [0.5, 0.6) is 0 Å². The summed E-state index contributed by atoms with van der Waals surface area (Å²) in [4.78, 5) is 10.9. The van der Waals surface area contributed by atoms with E-state index in [0.717, 1.165) is 43.0 Å². The molecule has 1 heterocycles. The number of aromatic nitrogens is 1. The van der Waals surface area contributed by atoms with Crippen LogP contribution >= 0.6 is 24.0 Å². The van der Waals surface area contributed by atoms with E-state index in [-0.39, 0.29) is 24.0 Å². The highest BCUT2D eigenvalue weighted by atomic mass is 127. The van der Waals surface area contributed by atoms with E-state index in [2.05, 4.69) is 27.5 Å². The average molecular weight is 489 g/mol. The van der Waals surface area contributed by atoms with Crippen LogP contribution < -0.4 is 15.5 Å². The summed E-state index contributed by atoms with van der Waals surface area (Å²) < 4.78 is 5.99. The molecule has 1 aromatic heterocycles. The molecule has 1 aliphatic carbocycles. The fraction of sp³-hybridized carbons (Fsp3) is 0.700. The van der Waals surface area contributed by atoms with Crippen molar-refractivity contribution in [1.29, 1.82) is 0 Å². The van der Waals surface area contributed by atoms with Gasteiger partial charge >= 0.3 is 0 Å². The van der Waals surface area contributed by atoms with Crippen LogP contribution in [0, 0.1) is 5.92 Å². The summed E-state index contributed by atoms with van der Waals surface area (Å²) >= 11 is 0. The molecule has 6 nitrogen and oxygen atoms in total. The lowest BCUT2D eigenvalue weighted by Crippen LogP contribution is -2.39. The molecule has 0 radical (unpaired) electrons. The highest BCUT2D eigenvalue weighted by Crippen LogP contribution is 2.30. The van der Waals surface area contributed by atoms with Crippen LogP contribution in [0.25, 0.3) is 0 Å². The normalized spacial score (nSPS) is 15.9. The first-order valence-electron chi connectivity index (χ1n) is 9.83. The first-order valence-corrected chi connectivity index (χ1v) is 9.83. The van der Waals surface area contributed by atoms with Crippen LogP contribution in [0.2, 0.25) is 0 Å². The minimum absolute atomic E-state index is 0. The van der Waals surface area contributed by atoms with Crippen molar-refractivity contribution in [3.63, 3.8) is 0 Å². The topological polar surface area (TPSA) is 61.8 Å². The molecule has 0 spiro atoms. The van der Waals surface area contributed by atoms with Gasteiger partial charge in [-0.25, -0.2) is 4.98 Å². The van der Waals surface area contributed by atoms with Gasteiger partial charge in [0.2, 0.25) is 0 Å². The smallest absolute Gasteiger partial charge is 0.191 e. The third kappa shape index (κ3) is 8.21. The van der Waals surface area contributed by atoms with E-state index in [1.807, 2.05) is 37.2 Å². The molecule has 2 rings (SSSR count). The van der Waals surface area contributed by atoms with Crippen molar-refractivity contribution < 1.29 is 4.74 Å². The van der Waals surface area contributed by atoms with Gasteiger partial charge in [0, 0.05) is 34.3 Å². The van der Waals surface area contributed by atoms with Crippen molar-refractivity contribution in [1.82, 2.24) is 15.6 Å². The number of hydrogen-bond acceptors (Lipinski definition) is 4. The Morgan fingerprint density at radius 1 is 1.30 bits per heavy atom. The number of ether oxygens (including phenoxy) is 1. The van der Waals surface area contributed by atoms with Gasteiger partial charge in [-0.15, -0.1) is 24.0 Å². The molecule has 1 fully saturated rings. The Labute approximate surface area is 181 Å². The van der Waals surface area contributed by atoms with Crippen LogP contribution in [-0.2, 0) is 11.3 Å². The van der Waals surface area contributed by atoms with Crippen molar-refractivity contribution in [2.75, 3.05) is 39.2 Å². The molecule has 0 aliphatic heterocycles. The molecule has 7 heteroatoms. The molecular formula is C20H36IN5O. The van der Waals surface area contributed by atoms with Gasteiger partial charge in [-0.05, 0) is 44.2 Å². The fourth-order valence-electron chi connectivity index (χ4n) is 3.54. The molecule has 1 aliphatic rings. The number of hydrogen-bond donors (Lipinski definition) is 2. The van der Waals surface area contributed by atoms with Crippen LogP contribution in [0.1, 0.15) is 44.7 Å². The summed E-state index contributed by atoms with van der Waals surface area (Å²) in [5, 5.41) is 6.75. The second-order valence-electron chi connectivity index (χ2n) is 7.06. The molecule has 0 amide bonds. The SMILES string of the molecule is CCOC(CCNC(=NC)NCc1cccc(N(C)C)n1)C1CCCC1.I. The maximum absolute atomic E-state index is 5.99. The van der Waals surface area contributed by atoms with Gasteiger partial charge in [-0.3, -0.25) is 4.99 Å². The summed E-state index contributed by atoms with van der Waals surface area (Å²) in [5.41, 5.74) is 0.997. The van der Waals surface area contributed by atoms with E-state index in [1.165, 1.54) is 25.7 Å². The highest BCUT2D eigenvalue weighted by Gasteiger charge is 2.25. The quantitative estimate of drug-likeness (QED) is 0.316. The lowest BCUT2D eigenvalue weighted by atomic mass is 9.98. The zero-order valence-corrected chi connectivity index (χ0v) is 19.5. The average Bonchev–Trinajstić information content (AvgIpc) is 3.18. The second kappa shape index (κ2) is 13.1. The van der Waals surface area contributed by atoms with E-state index >= 15 is 0 Å². The summed E-state index contributed by atoms with van der Waals surface area (Å²) in [6.45, 7) is 4.40. The van der Waals surface area contributed by atoms with Crippen molar-refractivity contribution >= 4 is 35.8 Å². The largest absolute Gasteiger partial charge is 0.378 e. The molecular weight excluding hydrogens is 453 g/mol. The number of nitrogens with one attached hydrogen (secondary N) is 2. The molecule has 1 saturated carbocycles. The highest BCUT2D eigenvalue weighted by molar-refractivity contribution is 14.0. The van der Waals surface area contributed by atoms with Gasteiger partial charge in [-0.1, -0.05) is 18.9 Å². The number of guanidine groups is 1. The third-order valence-electron chi connectivity index (χ3n) is 4.94. The third-order valence-corrected chi connectivity index (χ3v) is 4.94. The lowest BCUT2D eigenvalue weighted by Gasteiger charge is -2.24. The first-order chi connectivity index (χ1) is 12.6. The predicted octanol–water partition coefficient (Wildman–Crippen LogP) is 3.42. The van der Waals surface area contributed by atoms with E-state index < -0.39 is 0 Å². The Morgan fingerprint density at radius 2 is 2.04 bits per heavy atom. The Hall–Kier alpha value is -1.09. The number of pyridine rings is 1. The number of nitrogens with zero attached hydrogens (tertiary/aromatic N) is 3. The van der Waals surface area contributed by atoms with Crippen LogP contribution in [-0.4, -0.2) is 51.3 Å². The maximum Gasteiger partial charge on any atom is 0.191 e. The molecule has 154 valence electrons. The number of halogens is 1. The van der Waals surface area contributed by atoms with Gasteiger partial charge < -0.3 is 20.3 Å². The zero-order valence-electron chi connectivity index (χ0n) is 17.2. The molecule has 0 bridgehead atoms. The monoisotopic (exact) mass is 489 g/mol. The zero-order chi connectivity index (χ0) is 18.8. The fourth-order valence-corrected chi connectivity index (χ4v) is 3.54. The van der Waals surface area contributed by atoms with Crippen LogP contribution in [0.3, 0.4) is 0 Å². The Bertz CT molecular complexity index is 561. The van der Waals surface area contributed by atoms with Gasteiger partial charge in [0.25, 0.3) is 0 Å². The summed E-state index contributed by atoms with van der Waals surface area (Å²) in [5.74, 6) is 2.50. The predicted molar refractivity (Wildman–Crippen MR) is 124 cm³/mol. The van der Waals surface area contributed by atoms with Gasteiger partial charge in [0.15, 0.2) is 5.96 Å². The van der Waals surface area contributed by atoms with E-state index in [9.17, 15) is 0 Å². The van der Waals surface area contributed by atoms with Gasteiger partial charge in [0.1, 0.15) is 5.82 Å². The first kappa shape index (κ1) is 23.9.